The number of rotatable bonds is 5. The number of nitrogens with zero attached hydrogens (tertiary/aromatic N) is 2. The monoisotopic (exact) mass is 428 g/mol. The van der Waals surface area contributed by atoms with Gasteiger partial charge < -0.3 is 10.6 Å². The van der Waals surface area contributed by atoms with Gasteiger partial charge in [0.25, 0.3) is 0 Å². The first-order valence-electron chi connectivity index (χ1n) is 10.9. The molecular weight excluding hydrogens is 400 g/mol. The molecule has 1 aliphatic heterocycles. The number of nitrogens with one attached hydrogen (secondary N) is 2. The molecule has 164 valence electrons. The lowest BCUT2D eigenvalue weighted by Crippen LogP contribution is -2.43. The molecule has 0 unspecified atom stereocenters. The molecule has 2 amide bonds. The van der Waals surface area contributed by atoms with E-state index in [0.717, 1.165) is 36.2 Å². The van der Waals surface area contributed by atoms with E-state index >= 15 is 0 Å². The van der Waals surface area contributed by atoms with E-state index in [0.29, 0.717) is 12.2 Å². The van der Waals surface area contributed by atoms with Crippen molar-refractivity contribution in [2.45, 2.75) is 32.9 Å². The molecule has 0 radical (unpaired) electrons. The first-order chi connectivity index (χ1) is 15.5. The summed E-state index contributed by atoms with van der Waals surface area (Å²) in [5, 5.41) is 5.57. The second-order valence-electron chi connectivity index (χ2n) is 8.20. The lowest BCUT2D eigenvalue weighted by atomic mass is 9.97. The quantitative estimate of drug-likeness (QED) is 0.610. The van der Waals surface area contributed by atoms with Crippen molar-refractivity contribution in [1.29, 1.82) is 0 Å². The summed E-state index contributed by atoms with van der Waals surface area (Å²) in [6.07, 6.45) is 4.52. The van der Waals surface area contributed by atoms with Crippen LogP contribution < -0.4 is 10.6 Å². The third kappa shape index (κ3) is 4.86. The fourth-order valence-electron chi connectivity index (χ4n) is 4.15. The number of hydrogen-bond donors (Lipinski definition) is 2. The van der Waals surface area contributed by atoms with Crippen LogP contribution in [0.25, 0.3) is 0 Å². The summed E-state index contributed by atoms with van der Waals surface area (Å²) in [5.74, 6) is -1.30. The van der Waals surface area contributed by atoms with Crippen LogP contribution in [0.5, 0.6) is 0 Å². The van der Waals surface area contributed by atoms with Crippen LogP contribution in [-0.4, -0.2) is 34.8 Å². The van der Waals surface area contributed by atoms with Gasteiger partial charge >= 0.3 is 11.8 Å². The first-order valence-corrected chi connectivity index (χ1v) is 10.9. The van der Waals surface area contributed by atoms with Gasteiger partial charge in [-0.3, -0.25) is 19.5 Å². The Labute approximate surface area is 188 Å². The van der Waals surface area contributed by atoms with Crippen molar-refractivity contribution in [2.75, 3.05) is 18.4 Å². The summed E-state index contributed by atoms with van der Waals surface area (Å²) in [5.41, 5.74) is 6.35. The van der Waals surface area contributed by atoms with E-state index in [1.54, 1.807) is 12.3 Å². The molecule has 0 fully saturated rings. The molecule has 4 rings (SSSR count). The Balaban J connectivity index is 1.45. The summed E-state index contributed by atoms with van der Waals surface area (Å²) >= 11 is 0. The maximum atomic E-state index is 12.6. The smallest absolute Gasteiger partial charge is 0.313 e. The van der Waals surface area contributed by atoms with Crippen LogP contribution in [0, 0.1) is 13.8 Å². The molecule has 2 aromatic carbocycles. The summed E-state index contributed by atoms with van der Waals surface area (Å²) in [4.78, 5) is 31.7. The van der Waals surface area contributed by atoms with Crippen LogP contribution in [0.3, 0.4) is 0 Å². The fraction of sp³-hybridized carbons (Fsp3) is 0.269. The predicted octanol–water partition coefficient (Wildman–Crippen LogP) is 3.55. The van der Waals surface area contributed by atoms with Crippen LogP contribution in [0.4, 0.5) is 5.69 Å². The van der Waals surface area contributed by atoms with Gasteiger partial charge in [-0.25, -0.2) is 0 Å². The third-order valence-electron chi connectivity index (χ3n) is 6.19. The van der Waals surface area contributed by atoms with Crippen molar-refractivity contribution >= 4 is 17.5 Å². The van der Waals surface area contributed by atoms with E-state index in [9.17, 15) is 9.59 Å². The number of aryl methyl sites for hydroxylation is 1. The number of fused-ring (bicyclic) bond motifs is 1. The van der Waals surface area contributed by atoms with E-state index in [1.807, 2.05) is 44.3 Å². The molecule has 1 aliphatic rings. The van der Waals surface area contributed by atoms with Gasteiger partial charge in [0.15, 0.2) is 0 Å². The van der Waals surface area contributed by atoms with Crippen LogP contribution in [0.2, 0.25) is 0 Å². The second kappa shape index (κ2) is 9.75. The Morgan fingerprint density at radius 2 is 1.81 bits per heavy atom. The van der Waals surface area contributed by atoms with Gasteiger partial charge in [-0.15, -0.1) is 0 Å². The Hall–Kier alpha value is -3.51. The van der Waals surface area contributed by atoms with Crippen LogP contribution in [-0.2, 0) is 22.6 Å². The first kappa shape index (κ1) is 21.7. The highest BCUT2D eigenvalue weighted by Crippen LogP contribution is 2.27. The van der Waals surface area contributed by atoms with Gasteiger partial charge in [-0.05, 0) is 60.2 Å². The van der Waals surface area contributed by atoms with Crippen molar-refractivity contribution in [3.05, 3.63) is 94.8 Å². The van der Waals surface area contributed by atoms with Gasteiger partial charge in [0, 0.05) is 37.7 Å². The topological polar surface area (TPSA) is 74.3 Å². The Bertz CT molecular complexity index is 1110. The van der Waals surface area contributed by atoms with E-state index in [2.05, 4.69) is 44.8 Å². The number of pyridine rings is 1. The maximum Gasteiger partial charge on any atom is 0.313 e. The van der Waals surface area contributed by atoms with Crippen LogP contribution in [0.1, 0.15) is 33.9 Å². The van der Waals surface area contributed by atoms with Gasteiger partial charge in [0.2, 0.25) is 0 Å². The predicted molar refractivity (Wildman–Crippen MR) is 125 cm³/mol. The molecule has 6 heteroatoms. The normalized spacial score (nSPS) is 14.3. The molecule has 1 atom stereocenters. The maximum absolute atomic E-state index is 12.6. The number of carbonyl (C=O) groups is 2. The van der Waals surface area contributed by atoms with Gasteiger partial charge in [-0.2, -0.15) is 0 Å². The molecule has 1 aromatic heterocycles. The minimum absolute atomic E-state index is 0.0745. The molecular formula is C26H28N4O2. The molecule has 0 saturated heterocycles. The molecule has 2 heterocycles. The molecule has 6 nitrogen and oxygen atoms in total. The molecule has 0 aliphatic carbocycles. The van der Waals surface area contributed by atoms with Crippen molar-refractivity contribution in [3.8, 4) is 0 Å². The number of carbonyl (C=O) groups excluding carboxylic acids is 2. The number of aromatic nitrogens is 1. The van der Waals surface area contributed by atoms with Crippen molar-refractivity contribution < 1.29 is 9.59 Å². The average molecular weight is 429 g/mol. The van der Waals surface area contributed by atoms with E-state index in [1.165, 1.54) is 11.1 Å². The molecule has 3 aromatic rings. The summed E-state index contributed by atoms with van der Waals surface area (Å²) < 4.78 is 0. The second-order valence-corrected chi connectivity index (χ2v) is 8.20. The van der Waals surface area contributed by atoms with Crippen LogP contribution in [0.15, 0.2) is 67.0 Å². The third-order valence-corrected chi connectivity index (χ3v) is 6.19. The Morgan fingerprint density at radius 1 is 1.00 bits per heavy atom. The molecule has 0 saturated carbocycles. The molecule has 0 bridgehead atoms. The zero-order valence-corrected chi connectivity index (χ0v) is 18.5. The number of anilines is 1. The summed E-state index contributed by atoms with van der Waals surface area (Å²) in [6.45, 7) is 5.89. The zero-order chi connectivity index (χ0) is 22.5. The molecule has 0 spiro atoms. The van der Waals surface area contributed by atoms with Crippen LogP contribution >= 0.6 is 0 Å². The van der Waals surface area contributed by atoms with E-state index in [-0.39, 0.29) is 6.04 Å². The number of benzene rings is 2. The Morgan fingerprint density at radius 3 is 2.59 bits per heavy atom. The minimum Gasteiger partial charge on any atom is -0.346 e. The van der Waals surface area contributed by atoms with Crippen molar-refractivity contribution in [2.24, 2.45) is 0 Å². The van der Waals surface area contributed by atoms with Gasteiger partial charge in [-0.1, -0.05) is 42.5 Å². The van der Waals surface area contributed by atoms with Gasteiger partial charge in [0.05, 0.1) is 6.04 Å². The fourth-order valence-corrected chi connectivity index (χ4v) is 4.15. The highest BCUT2D eigenvalue weighted by molar-refractivity contribution is 6.39. The van der Waals surface area contributed by atoms with E-state index < -0.39 is 11.8 Å². The lowest BCUT2D eigenvalue weighted by Gasteiger charge is -2.35. The minimum atomic E-state index is -0.660. The standard InChI is InChI=1S/C26H28N4O2/c1-18-7-5-11-23(19(18)2)29-26(32)25(31)28-16-24(21-10-6-13-27-15-21)30-14-12-20-8-3-4-9-22(20)17-30/h3-11,13,15,24H,12,14,16-17H2,1-2H3,(H,28,31)(H,29,32)/t24-/m0/s1. The summed E-state index contributed by atoms with van der Waals surface area (Å²) in [7, 11) is 0. The molecule has 2 N–H and O–H groups in total. The lowest BCUT2D eigenvalue weighted by molar-refractivity contribution is -0.136. The number of amides is 2. The highest BCUT2D eigenvalue weighted by atomic mass is 16.2. The zero-order valence-electron chi connectivity index (χ0n) is 18.5. The summed E-state index contributed by atoms with van der Waals surface area (Å²) in [6, 6.07) is 17.9. The van der Waals surface area contributed by atoms with Crippen molar-refractivity contribution in [1.82, 2.24) is 15.2 Å². The molecule has 32 heavy (non-hydrogen) atoms. The Kier molecular flexibility index (Phi) is 6.61. The van der Waals surface area contributed by atoms with E-state index in [4.69, 9.17) is 0 Å². The SMILES string of the molecule is Cc1cccc(NC(=O)C(=O)NC[C@@H](c2cccnc2)N2CCc3ccccc3C2)c1C. The van der Waals surface area contributed by atoms with Gasteiger partial charge in [0.1, 0.15) is 0 Å². The average Bonchev–Trinajstić information content (AvgIpc) is 2.82. The van der Waals surface area contributed by atoms with Crippen molar-refractivity contribution in [3.63, 3.8) is 0 Å². The largest absolute Gasteiger partial charge is 0.346 e. The number of hydrogen-bond acceptors (Lipinski definition) is 4. The highest BCUT2D eigenvalue weighted by Gasteiger charge is 2.26.